The molecule has 1 aromatic carbocycles. The van der Waals surface area contributed by atoms with E-state index < -0.39 is 10.8 Å². The van der Waals surface area contributed by atoms with Crippen LogP contribution in [0.2, 0.25) is 0 Å². The van der Waals surface area contributed by atoms with Crippen LogP contribution in [0.25, 0.3) is 0 Å². The van der Waals surface area contributed by atoms with Crippen LogP contribution in [-0.4, -0.2) is 11.6 Å². The van der Waals surface area contributed by atoms with Gasteiger partial charge in [-0.15, -0.1) is 0 Å². The number of allylic oxidation sites excluding steroid dienone is 6. The maximum Gasteiger partial charge on any atom is 0.171 e. The SMILES string of the molecule is [CH2-]/C(C)=C/CC/C(C)=C/CC12C(=O)c3ccccc3C(=O)C1(C)C1C=CC2C1.[Y]. The van der Waals surface area contributed by atoms with Crippen LogP contribution in [0.3, 0.4) is 0 Å². The maximum atomic E-state index is 13.8. The fourth-order valence-corrected chi connectivity index (χ4v) is 5.82. The molecule has 29 heavy (non-hydrogen) atoms. The molecular weight excluding hydrogens is 433 g/mol. The van der Waals surface area contributed by atoms with Crippen molar-refractivity contribution in [3.63, 3.8) is 0 Å². The van der Waals surface area contributed by atoms with Gasteiger partial charge in [-0.1, -0.05) is 68.3 Å². The fraction of sp³-hybridized carbons (Fsp3) is 0.423. The number of hydrogen-bond acceptors (Lipinski definition) is 2. The molecular formula is C26H29O2Y-. The molecule has 2 bridgehead atoms. The normalized spacial score (nSPS) is 32.8. The maximum absolute atomic E-state index is 13.8. The molecule has 0 amide bonds. The van der Waals surface area contributed by atoms with E-state index in [4.69, 9.17) is 0 Å². The van der Waals surface area contributed by atoms with Gasteiger partial charge < -0.3 is 0 Å². The molecule has 0 aromatic heterocycles. The quantitative estimate of drug-likeness (QED) is 0.388. The fourth-order valence-electron chi connectivity index (χ4n) is 5.82. The summed E-state index contributed by atoms with van der Waals surface area (Å²) in [6.07, 6.45) is 12.2. The Kier molecular flexibility index (Phi) is 6.28. The van der Waals surface area contributed by atoms with Gasteiger partial charge in [0.25, 0.3) is 0 Å². The van der Waals surface area contributed by atoms with E-state index in [9.17, 15) is 9.59 Å². The smallest absolute Gasteiger partial charge is 0.171 e. The number of Topliss-reactive ketones (excluding diaryl/α,β-unsaturated/α-hetero) is 2. The van der Waals surface area contributed by atoms with E-state index in [0.29, 0.717) is 17.5 Å². The Morgan fingerprint density at radius 2 is 1.69 bits per heavy atom. The summed E-state index contributed by atoms with van der Waals surface area (Å²) in [6.45, 7) is 10.1. The van der Waals surface area contributed by atoms with Gasteiger partial charge in [-0.25, -0.2) is 18.6 Å². The van der Waals surface area contributed by atoms with Gasteiger partial charge in [-0.2, -0.15) is 0 Å². The van der Waals surface area contributed by atoms with Crippen molar-refractivity contribution in [2.75, 3.05) is 0 Å². The number of carbonyl (C=O) groups is 2. The third kappa shape index (κ3) is 3.18. The molecule has 0 heterocycles. The summed E-state index contributed by atoms with van der Waals surface area (Å²) in [7, 11) is 0. The Hall–Kier alpha value is -1.25. The van der Waals surface area contributed by atoms with Crippen LogP contribution < -0.4 is 0 Å². The molecule has 3 aliphatic rings. The zero-order valence-corrected chi connectivity index (χ0v) is 20.5. The Morgan fingerprint density at radius 3 is 2.34 bits per heavy atom. The summed E-state index contributed by atoms with van der Waals surface area (Å²) in [4.78, 5) is 27.5. The zero-order valence-electron chi connectivity index (χ0n) is 17.7. The van der Waals surface area contributed by atoms with Crippen LogP contribution >= 0.6 is 0 Å². The Morgan fingerprint density at radius 1 is 1.07 bits per heavy atom. The van der Waals surface area contributed by atoms with Crippen molar-refractivity contribution in [2.24, 2.45) is 22.7 Å². The van der Waals surface area contributed by atoms with Gasteiger partial charge in [0.15, 0.2) is 11.6 Å². The summed E-state index contributed by atoms with van der Waals surface area (Å²) in [5.74, 6) is 0.631. The molecule has 0 N–H and O–H groups in total. The first-order valence-electron chi connectivity index (χ1n) is 10.3. The molecule has 1 radical (unpaired) electrons. The van der Waals surface area contributed by atoms with Gasteiger partial charge in [0, 0.05) is 43.8 Å². The van der Waals surface area contributed by atoms with Crippen molar-refractivity contribution in [1.82, 2.24) is 0 Å². The molecule has 2 nitrogen and oxygen atoms in total. The van der Waals surface area contributed by atoms with Crippen LogP contribution in [0.15, 0.2) is 59.7 Å². The number of ketones is 2. The monoisotopic (exact) mass is 462 g/mol. The Bertz CT molecular complexity index is 934. The number of benzene rings is 1. The van der Waals surface area contributed by atoms with Gasteiger partial charge >= 0.3 is 0 Å². The standard InChI is InChI=1S/C26H29O2.Y/c1-17(2)8-7-9-18(3)14-15-26-20-13-12-19(16-20)25(26,4)23(27)21-10-5-6-11-22(21)24(26)28;/h5-6,8,10-14,19-20H,1,7,9,15-16H2,2-4H3;/q-1;/b17-8-,18-14+;. The Balaban J connectivity index is 0.00000240. The molecule has 1 aromatic rings. The first-order chi connectivity index (χ1) is 13.3. The van der Waals surface area contributed by atoms with Gasteiger partial charge in [-0.3, -0.25) is 9.59 Å². The summed E-state index contributed by atoms with van der Waals surface area (Å²) in [5.41, 5.74) is 2.31. The molecule has 0 saturated heterocycles. The second-order valence-corrected chi connectivity index (χ2v) is 9.05. The molecule has 149 valence electrons. The number of fused-ring (bicyclic) bond motifs is 6. The van der Waals surface area contributed by atoms with E-state index in [0.717, 1.165) is 24.8 Å². The number of rotatable bonds is 5. The summed E-state index contributed by atoms with van der Waals surface area (Å²) >= 11 is 0. The topological polar surface area (TPSA) is 34.1 Å². The minimum Gasteiger partial charge on any atom is -0.293 e. The van der Waals surface area contributed by atoms with Crippen LogP contribution in [0.5, 0.6) is 0 Å². The first kappa shape index (κ1) is 22.4. The van der Waals surface area contributed by atoms with E-state index in [1.165, 1.54) is 5.57 Å². The third-order valence-electron chi connectivity index (χ3n) is 7.48. The van der Waals surface area contributed by atoms with Crippen molar-refractivity contribution < 1.29 is 42.3 Å². The molecule has 0 aliphatic heterocycles. The van der Waals surface area contributed by atoms with E-state index in [1.807, 2.05) is 31.2 Å². The summed E-state index contributed by atoms with van der Waals surface area (Å²) in [6, 6.07) is 7.41. The van der Waals surface area contributed by atoms with Crippen LogP contribution in [0.1, 0.15) is 67.2 Å². The van der Waals surface area contributed by atoms with E-state index in [2.05, 4.69) is 45.1 Å². The average molecular weight is 462 g/mol. The molecule has 1 saturated carbocycles. The number of carbonyl (C=O) groups excluding carboxylic acids is 2. The molecule has 0 spiro atoms. The van der Waals surface area contributed by atoms with Crippen molar-refractivity contribution in [1.29, 1.82) is 0 Å². The van der Waals surface area contributed by atoms with Crippen LogP contribution in [0, 0.1) is 29.6 Å². The van der Waals surface area contributed by atoms with E-state index >= 15 is 0 Å². The molecule has 4 rings (SSSR count). The molecule has 1 fully saturated rings. The molecule has 3 heteroatoms. The summed E-state index contributed by atoms with van der Waals surface area (Å²) in [5, 5.41) is 0. The predicted molar refractivity (Wildman–Crippen MR) is 113 cm³/mol. The van der Waals surface area contributed by atoms with Gasteiger partial charge in [-0.05, 0) is 38.0 Å². The third-order valence-corrected chi connectivity index (χ3v) is 7.48. The van der Waals surface area contributed by atoms with Gasteiger partial charge in [0.1, 0.15) is 0 Å². The van der Waals surface area contributed by atoms with Crippen LogP contribution in [0.4, 0.5) is 0 Å². The largest absolute Gasteiger partial charge is 0.293 e. The minimum atomic E-state index is -0.642. The van der Waals surface area contributed by atoms with Gasteiger partial charge in [0.2, 0.25) is 0 Å². The predicted octanol–water partition coefficient (Wildman–Crippen LogP) is 6.16. The van der Waals surface area contributed by atoms with Crippen molar-refractivity contribution in [3.8, 4) is 0 Å². The van der Waals surface area contributed by atoms with Crippen molar-refractivity contribution in [2.45, 2.75) is 46.5 Å². The Labute approximate surface area is 199 Å². The zero-order chi connectivity index (χ0) is 20.1. The average Bonchev–Trinajstić information content (AvgIpc) is 3.25. The number of hydrogen-bond donors (Lipinski definition) is 0. The molecule has 4 unspecified atom stereocenters. The second-order valence-electron chi connectivity index (χ2n) is 9.05. The van der Waals surface area contributed by atoms with E-state index in [-0.39, 0.29) is 56.1 Å². The van der Waals surface area contributed by atoms with Gasteiger partial charge in [0.05, 0.1) is 10.8 Å². The summed E-state index contributed by atoms with van der Waals surface area (Å²) < 4.78 is 0. The van der Waals surface area contributed by atoms with Crippen LogP contribution in [-0.2, 0) is 32.7 Å². The van der Waals surface area contributed by atoms with Crippen molar-refractivity contribution >= 4 is 11.6 Å². The second kappa shape index (κ2) is 8.12. The van der Waals surface area contributed by atoms with Crippen molar-refractivity contribution in [3.05, 3.63) is 77.8 Å². The first-order valence-corrected chi connectivity index (χ1v) is 10.3. The molecule has 3 aliphatic carbocycles. The molecule has 4 atom stereocenters. The minimum absolute atomic E-state index is 0. The van der Waals surface area contributed by atoms with E-state index in [1.54, 1.807) is 0 Å².